The fourth-order valence-corrected chi connectivity index (χ4v) is 1.79. The summed E-state index contributed by atoms with van der Waals surface area (Å²) in [5, 5.41) is 0. The van der Waals surface area contributed by atoms with E-state index in [1.165, 1.54) is 0 Å². The molecule has 2 N–H and O–H groups in total. The highest BCUT2D eigenvalue weighted by atomic mass is 16.5. The van der Waals surface area contributed by atoms with Crippen LogP contribution in [0.3, 0.4) is 0 Å². The molecule has 0 bridgehead atoms. The highest BCUT2D eigenvalue weighted by Crippen LogP contribution is 2.41. The third kappa shape index (κ3) is 1.72. The van der Waals surface area contributed by atoms with Crippen molar-refractivity contribution in [3.63, 3.8) is 0 Å². The van der Waals surface area contributed by atoms with Gasteiger partial charge in [-0.3, -0.25) is 0 Å². The fourth-order valence-electron chi connectivity index (χ4n) is 1.79. The van der Waals surface area contributed by atoms with Crippen LogP contribution in [0.2, 0.25) is 0 Å². The molecular formula is C11H15NO3. The Morgan fingerprint density at radius 1 is 1.33 bits per heavy atom. The molecule has 1 aromatic carbocycles. The van der Waals surface area contributed by atoms with Crippen molar-refractivity contribution in [3.05, 3.63) is 17.7 Å². The van der Waals surface area contributed by atoms with Crippen LogP contribution in [-0.2, 0) is 6.42 Å². The molecule has 1 unspecified atom stereocenters. The van der Waals surface area contributed by atoms with Crippen molar-refractivity contribution in [3.8, 4) is 17.2 Å². The monoisotopic (exact) mass is 209 g/mol. The SMILES string of the molecule is COc1ccc2c(c1OC)OCC(N)C2. The van der Waals surface area contributed by atoms with Crippen LogP contribution in [0.5, 0.6) is 17.2 Å². The van der Waals surface area contributed by atoms with Crippen molar-refractivity contribution < 1.29 is 14.2 Å². The second-order valence-electron chi connectivity index (χ2n) is 3.56. The summed E-state index contributed by atoms with van der Waals surface area (Å²) in [5.41, 5.74) is 6.89. The zero-order valence-electron chi connectivity index (χ0n) is 8.95. The van der Waals surface area contributed by atoms with E-state index in [1.54, 1.807) is 14.2 Å². The topological polar surface area (TPSA) is 53.7 Å². The maximum Gasteiger partial charge on any atom is 0.203 e. The number of methoxy groups -OCH3 is 2. The molecule has 0 aromatic heterocycles. The van der Waals surface area contributed by atoms with Crippen molar-refractivity contribution in [2.24, 2.45) is 5.73 Å². The minimum Gasteiger partial charge on any atom is -0.493 e. The normalized spacial score (nSPS) is 19.0. The van der Waals surface area contributed by atoms with E-state index >= 15 is 0 Å². The predicted octanol–water partition coefficient (Wildman–Crippen LogP) is 0.966. The summed E-state index contributed by atoms with van der Waals surface area (Å²) in [7, 11) is 3.22. The predicted molar refractivity (Wildman–Crippen MR) is 56.7 cm³/mol. The summed E-state index contributed by atoms with van der Waals surface area (Å²) in [5.74, 6) is 2.10. The Morgan fingerprint density at radius 3 is 2.80 bits per heavy atom. The van der Waals surface area contributed by atoms with Gasteiger partial charge in [-0.15, -0.1) is 0 Å². The molecule has 1 aromatic rings. The van der Waals surface area contributed by atoms with Crippen LogP contribution in [0, 0.1) is 0 Å². The van der Waals surface area contributed by atoms with Gasteiger partial charge in [-0.25, -0.2) is 0 Å². The van der Waals surface area contributed by atoms with E-state index in [1.807, 2.05) is 12.1 Å². The summed E-state index contributed by atoms with van der Waals surface area (Å²) < 4.78 is 16.0. The summed E-state index contributed by atoms with van der Waals surface area (Å²) in [6.45, 7) is 0.524. The van der Waals surface area contributed by atoms with Crippen LogP contribution in [-0.4, -0.2) is 26.9 Å². The molecule has 1 aliphatic rings. The zero-order chi connectivity index (χ0) is 10.8. The smallest absolute Gasteiger partial charge is 0.203 e. The molecule has 0 saturated carbocycles. The van der Waals surface area contributed by atoms with Crippen molar-refractivity contribution in [1.82, 2.24) is 0 Å². The van der Waals surface area contributed by atoms with E-state index in [4.69, 9.17) is 19.9 Å². The number of nitrogens with two attached hydrogens (primary N) is 1. The van der Waals surface area contributed by atoms with Gasteiger partial charge in [0.05, 0.1) is 14.2 Å². The van der Waals surface area contributed by atoms with Gasteiger partial charge in [0, 0.05) is 6.04 Å². The summed E-state index contributed by atoms with van der Waals surface area (Å²) in [4.78, 5) is 0. The zero-order valence-corrected chi connectivity index (χ0v) is 8.95. The van der Waals surface area contributed by atoms with Gasteiger partial charge in [0.2, 0.25) is 5.75 Å². The lowest BCUT2D eigenvalue weighted by molar-refractivity contribution is 0.243. The van der Waals surface area contributed by atoms with E-state index in [2.05, 4.69) is 0 Å². The lowest BCUT2D eigenvalue weighted by Gasteiger charge is -2.24. The number of hydrogen-bond acceptors (Lipinski definition) is 4. The van der Waals surface area contributed by atoms with Crippen LogP contribution in [0.4, 0.5) is 0 Å². The Labute approximate surface area is 88.9 Å². The first-order valence-corrected chi connectivity index (χ1v) is 4.88. The Morgan fingerprint density at radius 2 is 2.13 bits per heavy atom. The maximum atomic E-state index is 5.81. The average molecular weight is 209 g/mol. The Balaban J connectivity index is 2.46. The van der Waals surface area contributed by atoms with Crippen molar-refractivity contribution >= 4 is 0 Å². The lowest BCUT2D eigenvalue weighted by Crippen LogP contribution is -2.33. The number of hydrogen-bond donors (Lipinski definition) is 1. The summed E-state index contributed by atoms with van der Waals surface area (Å²) >= 11 is 0. The van der Waals surface area contributed by atoms with Crippen molar-refractivity contribution in [2.45, 2.75) is 12.5 Å². The van der Waals surface area contributed by atoms with Gasteiger partial charge >= 0.3 is 0 Å². The number of ether oxygens (including phenoxy) is 3. The molecule has 0 spiro atoms. The quantitative estimate of drug-likeness (QED) is 0.788. The van der Waals surface area contributed by atoms with Gasteiger partial charge in [0.25, 0.3) is 0 Å². The molecule has 0 radical (unpaired) electrons. The Bertz CT molecular complexity index is 365. The van der Waals surface area contributed by atoms with Gasteiger partial charge < -0.3 is 19.9 Å². The van der Waals surface area contributed by atoms with E-state index in [0.29, 0.717) is 18.1 Å². The molecule has 2 rings (SSSR count). The van der Waals surface area contributed by atoms with Crippen LogP contribution < -0.4 is 19.9 Å². The Hall–Kier alpha value is -1.42. The molecule has 15 heavy (non-hydrogen) atoms. The molecule has 0 fully saturated rings. The molecule has 0 amide bonds. The second kappa shape index (κ2) is 3.98. The van der Waals surface area contributed by atoms with Crippen molar-refractivity contribution in [2.75, 3.05) is 20.8 Å². The van der Waals surface area contributed by atoms with E-state index in [9.17, 15) is 0 Å². The summed E-state index contributed by atoms with van der Waals surface area (Å²) in [6, 6.07) is 3.91. The molecule has 4 nitrogen and oxygen atoms in total. The van der Waals surface area contributed by atoms with Gasteiger partial charge in [0.1, 0.15) is 6.61 Å². The number of fused-ring (bicyclic) bond motifs is 1. The minimum atomic E-state index is 0.0654. The second-order valence-corrected chi connectivity index (χ2v) is 3.56. The van der Waals surface area contributed by atoms with Gasteiger partial charge in [-0.05, 0) is 18.1 Å². The maximum absolute atomic E-state index is 5.81. The fraction of sp³-hybridized carbons (Fsp3) is 0.455. The molecule has 82 valence electrons. The van der Waals surface area contributed by atoms with Gasteiger partial charge in [-0.2, -0.15) is 0 Å². The van der Waals surface area contributed by atoms with Crippen LogP contribution in [0.1, 0.15) is 5.56 Å². The minimum absolute atomic E-state index is 0.0654. The van der Waals surface area contributed by atoms with E-state index < -0.39 is 0 Å². The highest BCUT2D eigenvalue weighted by molar-refractivity contribution is 5.56. The van der Waals surface area contributed by atoms with Crippen molar-refractivity contribution in [1.29, 1.82) is 0 Å². The molecule has 0 saturated heterocycles. The first kappa shape index (κ1) is 10.1. The lowest BCUT2D eigenvalue weighted by atomic mass is 10.0. The molecule has 1 atom stereocenters. The van der Waals surface area contributed by atoms with Gasteiger partial charge in [-0.1, -0.05) is 6.07 Å². The van der Waals surface area contributed by atoms with Crippen LogP contribution in [0.15, 0.2) is 12.1 Å². The van der Waals surface area contributed by atoms with Crippen LogP contribution >= 0.6 is 0 Å². The molecule has 0 aliphatic carbocycles. The third-order valence-corrected chi connectivity index (χ3v) is 2.51. The first-order chi connectivity index (χ1) is 7.26. The highest BCUT2D eigenvalue weighted by Gasteiger charge is 2.22. The molecule has 4 heteroatoms. The standard InChI is InChI=1S/C11H15NO3/c1-13-9-4-3-7-5-8(12)6-15-10(7)11(9)14-2/h3-4,8H,5-6,12H2,1-2H3. The van der Waals surface area contributed by atoms with Crippen LogP contribution in [0.25, 0.3) is 0 Å². The first-order valence-electron chi connectivity index (χ1n) is 4.88. The third-order valence-electron chi connectivity index (χ3n) is 2.51. The van der Waals surface area contributed by atoms with E-state index in [-0.39, 0.29) is 6.04 Å². The number of benzene rings is 1. The molecule has 1 heterocycles. The van der Waals surface area contributed by atoms with Gasteiger partial charge in [0.15, 0.2) is 11.5 Å². The Kier molecular flexibility index (Phi) is 2.68. The average Bonchev–Trinajstić information content (AvgIpc) is 2.27. The summed E-state index contributed by atoms with van der Waals surface area (Å²) in [6.07, 6.45) is 0.815. The largest absolute Gasteiger partial charge is 0.493 e. The van der Waals surface area contributed by atoms with E-state index in [0.717, 1.165) is 17.7 Å². The number of rotatable bonds is 2. The molecule has 1 aliphatic heterocycles. The molecular weight excluding hydrogens is 194 g/mol.